The van der Waals surface area contributed by atoms with E-state index in [-0.39, 0.29) is 24.6 Å². The van der Waals surface area contributed by atoms with Crippen molar-refractivity contribution in [3.63, 3.8) is 0 Å². The Hall–Kier alpha value is -2.97. The van der Waals surface area contributed by atoms with Crippen LogP contribution in [0, 0.1) is 0 Å². The predicted octanol–water partition coefficient (Wildman–Crippen LogP) is 0.152. The van der Waals surface area contributed by atoms with Gasteiger partial charge in [0.25, 0.3) is 0 Å². The van der Waals surface area contributed by atoms with Gasteiger partial charge in [0.1, 0.15) is 0 Å². The largest absolute Gasteiger partial charge is 0.454 e. The number of hydrogen-bond acceptors (Lipinski definition) is 4. The molecule has 2 aliphatic heterocycles. The van der Waals surface area contributed by atoms with Crippen molar-refractivity contribution in [3.8, 4) is 11.5 Å². The van der Waals surface area contributed by atoms with E-state index < -0.39 is 0 Å². The lowest BCUT2D eigenvalue weighted by Gasteiger charge is -2.28. The summed E-state index contributed by atoms with van der Waals surface area (Å²) in [4.78, 5) is 21.8. The summed E-state index contributed by atoms with van der Waals surface area (Å²) in [5.74, 6) is 0.844. The highest BCUT2D eigenvalue weighted by Gasteiger charge is 2.26. The number of aliphatic imine (C=N–C) groups is 2. The fourth-order valence-electron chi connectivity index (χ4n) is 2.57. The van der Waals surface area contributed by atoms with Crippen molar-refractivity contribution >= 4 is 29.2 Å². The molecule has 0 unspecified atom stereocenters. The molecule has 0 aliphatic carbocycles. The minimum atomic E-state index is -0.192. The zero-order chi connectivity index (χ0) is 16.4. The summed E-state index contributed by atoms with van der Waals surface area (Å²) in [7, 11) is 0. The molecule has 1 aromatic carbocycles. The standard InChI is InChI=1S/C14H18N6O3/c15-13(16)19-14(17)18-8-5-10-11(23-7-22-10)6-9(8)20-4-2-1-3-12(20)21/h5-6H,1-4,7H2,(H6,15,16,17,18,19). The highest BCUT2D eigenvalue weighted by Crippen LogP contribution is 2.43. The van der Waals surface area contributed by atoms with Crippen LogP contribution < -0.4 is 31.6 Å². The molecule has 0 aromatic heterocycles. The highest BCUT2D eigenvalue weighted by molar-refractivity contribution is 5.99. The van der Waals surface area contributed by atoms with E-state index in [2.05, 4.69) is 9.98 Å². The second kappa shape index (κ2) is 6.03. The van der Waals surface area contributed by atoms with Crippen LogP contribution in [0.2, 0.25) is 0 Å². The van der Waals surface area contributed by atoms with Crippen molar-refractivity contribution in [2.45, 2.75) is 19.3 Å². The van der Waals surface area contributed by atoms with Crippen LogP contribution in [0.1, 0.15) is 19.3 Å². The number of amides is 1. The van der Waals surface area contributed by atoms with Crippen LogP contribution in [0.4, 0.5) is 11.4 Å². The van der Waals surface area contributed by atoms with Gasteiger partial charge < -0.3 is 31.6 Å². The second-order valence-corrected chi connectivity index (χ2v) is 5.20. The molecule has 1 aromatic rings. The molecule has 0 bridgehead atoms. The molecule has 0 saturated carbocycles. The first-order valence-corrected chi connectivity index (χ1v) is 7.22. The van der Waals surface area contributed by atoms with Crippen LogP contribution in [0.15, 0.2) is 22.1 Å². The maximum absolute atomic E-state index is 12.2. The molecule has 1 saturated heterocycles. The summed E-state index contributed by atoms with van der Waals surface area (Å²) in [6, 6.07) is 3.39. The third kappa shape index (κ3) is 3.12. The maximum atomic E-state index is 12.2. The van der Waals surface area contributed by atoms with Gasteiger partial charge in [0, 0.05) is 25.1 Å². The summed E-state index contributed by atoms with van der Waals surface area (Å²) in [5, 5.41) is 0. The fraction of sp³-hybridized carbons (Fsp3) is 0.357. The van der Waals surface area contributed by atoms with Crippen molar-refractivity contribution in [3.05, 3.63) is 12.1 Å². The molecular formula is C14H18N6O3. The number of fused-ring (bicyclic) bond motifs is 1. The first-order valence-electron chi connectivity index (χ1n) is 7.22. The number of piperidine rings is 1. The lowest BCUT2D eigenvalue weighted by molar-refractivity contribution is -0.119. The molecule has 0 radical (unpaired) electrons. The number of guanidine groups is 2. The third-order valence-corrected chi connectivity index (χ3v) is 3.56. The summed E-state index contributed by atoms with van der Waals surface area (Å²) in [5.41, 5.74) is 17.4. The average Bonchev–Trinajstić information content (AvgIpc) is 2.93. The van der Waals surface area contributed by atoms with Crippen LogP contribution in [0.3, 0.4) is 0 Å². The van der Waals surface area contributed by atoms with Gasteiger partial charge in [-0.3, -0.25) is 4.79 Å². The number of benzene rings is 1. The van der Waals surface area contributed by atoms with E-state index in [1.165, 1.54) is 0 Å². The Morgan fingerprint density at radius 1 is 1.13 bits per heavy atom. The quantitative estimate of drug-likeness (QED) is 0.523. The number of carbonyl (C=O) groups excluding carboxylic acids is 1. The lowest BCUT2D eigenvalue weighted by atomic mass is 10.1. The summed E-state index contributed by atoms with van der Waals surface area (Å²) >= 11 is 0. The number of ether oxygens (including phenoxy) is 2. The lowest BCUT2D eigenvalue weighted by Crippen LogP contribution is -2.35. The summed E-state index contributed by atoms with van der Waals surface area (Å²) < 4.78 is 10.7. The minimum absolute atomic E-state index is 0.0342. The molecule has 23 heavy (non-hydrogen) atoms. The molecular weight excluding hydrogens is 300 g/mol. The Kier molecular flexibility index (Phi) is 3.92. The molecule has 1 amide bonds. The van der Waals surface area contributed by atoms with Crippen molar-refractivity contribution < 1.29 is 14.3 Å². The Balaban J connectivity index is 2.06. The third-order valence-electron chi connectivity index (χ3n) is 3.56. The van der Waals surface area contributed by atoms with E-state index in [9.17, 15) is 4.79 Å². The zero-order valence-corrected chi connectivity index (χ0v) is 12.5. The smallest absolute Gasteiger partial charge is 0.231 e. The van der Waals surface area contributed by atoms with Crippen LogP contribution in [0.5, 0.6) is 11.5 Å². The van der Waals surface area contributed by atoms with Crippen LogP contribution >= 0.6 is 0 Å². The number of hydrogen-bond donors (Lipinski definition) is 3. The van der Waals surface area contributed by atoms with E-state index in [0.717, 1.165) is 12.8 Å². The number of carbonyl (C=O) groups is 1. The van der Waals surface area contributed by atoms with Crippen molar-refractivity contribution in [1.29, 1.82) is 0 Å². The molecule has 0 spiro atoms. The van der Waals surface area contributed by atoms with E-state index in [1.807, 2.05) is 0 Å². The van der Waals surface area contributed by atoms with Gasteiger partial charge in [-0.15, -0.1) is 0 Å². The number of rotatable bonds is 2. The SMILES string of the molecule is NC(N)=NC(N)=Nc1cc2c(cc1N1CCCCC1=O)OCO2. The Labute approximate surface area is 132 Å². The molecule has 9 nitrogen and oxygen atoms in total. The topological polar surface area (TPSA) is 142 Å². The predicted molar refractivity (Wildman–Crippen MR) is 85.9 cm³/mol. The first kappa shape index (κ1) is 14.9. The van der Waals surface area contributed by atoms with Crippen LogP contribution in [0.25, 0.3) is 0 Å². The monoisotopic (exact) mass is 318 g/mol. The number of nitrogens with zero attached hydrogens (tertiary/aromatic N) is 3. The van der Waals surface area contributed by atoms with Crippen LogP contribution in [-0.2, 0) is 4.79 Å². The molecule has 2 aliphatic rings. The van der Waals surface area contributed by atoms with E-state index in [0.29, 0.717) is 35.8 Å². The van der Waals surface area contributed by atoms with Gasteiger partial charge in [-0.05, 0) is 12.8 Å². The summed E-state index contributed by atoms with van der Waals surface area (Å²) in [6.07, 6.45) is 2.31. The zero-order valence-electron chi connectivity index (χ0n) is 12.5. The highest BCUT2D eigenvalue weighted by atomic mass is 16.7. The number of anilines is 1. The normalized spacial score (nSPS) is 17.3. The second-order valence-electron chi connectivity index (χ2n) is 5.20. The average molecular weight is 318 g/mol. The fourth-order valence-corrected chi connectivity index (χ4v) is 2.57. The molecule has 122 valence electrons. The van der Waals surface area contributed by atoms with Gasteiger partial charge in [-0.1, -0.05) is 0 Å². The first-order chi connectivity index (χ1) is 11.0. The maximum Gasteiger partial charge on any atom is 0.231 e. The Bertz CT molecular complexity index is 696. The molecule has 1 fully saturated rings. The van der Waals surface area contributed by atoms with Gasteiger partial charge in [0.05, 0.1) is 11.4 Å². The summed E-state index contributed by atoms with van der Waals surface area (Å²) in [6.45, 7) is 0.739. The van der Waals surface area contributed by atoms with E-state index in [1.54, 1.807) is 17.0 Å². The van der Waals surface area contributed by atoms with E-state index >= 15 is 0 Å². The molecule has 9 heteroatoms. The van der Waals surface area contributed by atoms with Gasteiger partial charge in [0.15, 0.2) is 17.5 Å². The molecule has 6 N–H and O–H groups in total. The Morgan fingerprint density at radius 3 is 2.57 bits per heavy atom. The van der Waals surface area contributed by atoms with Gasteiger partial charge in [-0.25, -0.2) is 4.99 Å². The van der Waals surface area contributed by atoms with Gasteiger partial charge in [0.2, 0.25) is 18.7 Å². The van der Waals surface area contributed by atoms with Crippen molar-refractivity contribution in [2.75, 3.05) is 18.2 Å². The van der Waals surface area contributed by atoms with Crippen molar-refractivity contribution in [2.24, 2.45) is 27.2 Å². The Morgan fingerprint density at radius 2 is 1.87 bits per heavy atom. The van der Waals surface area contributed by atoms with Crippen LogP contribution in [-0.4, -0.2) is 31.2 Å². The van der Waals surface area contributed by atoms with Gasteiger partial charge in [-0.2, -0.15) is 4.99 Å². The number of nitrogens with two attached hydrogens (primary N) is 3. The minimum Gasteiger partial charge on any atom is -0.454 e. The van der Waals surface area contributed by atoms with Gasteiger partial charge >= 0.3 is 0 Å². The molecule has 0 atom stereocenters. The molecule has 2 heterocycles. The van der Waals surface area contributed by atoms with Crippen molar-refractivity contribution in [1.82, 2.24) is 0 Å². The van der Waals surface area contributed by atoms with E-state index in [4.69, 9.17) is 26.7 Å². The molecule has 3 rings (SSSR count).